The van der Waals surface area contributed by atoms with Gasteiger partial charge in [0.25, 0.3) is 0 Å². The molecule has 1 fully saturated rings. The number of hydrogen-bond donors (Lipinski definition) is 1. The number of ether oxygens (including phenoxy) is 1. The van der Waals surface area contributed by atoms with Gasteiger partial charge in [-0.2, -0.15) is 4.98 Å². The number of rotatable bonds is 3. The standard InChI is InChI=1S/C12H15N5O2/c1-7-3-14-10(15-4-7)11-16-12(19-17-11)8-5-18-6-9(8)13-2/h3-4,8-9,13H,5-6H2,1-2H3. The Kier molecular flexibility index (Phi) is 3.22. The lowest BCUT2D eigenvalue weighted by Gasteiger charge is -2.11. The summed E-state index contributed by atoms with van der Waals surface area (Å²) in [6.45, 7) is 3.17. The van der Waals surface area contributed by atoms with Crippen LogP contribution in [0.15, 0.2) is 16.9 Å². The van der Waals surface area contributed by atoms with E-state index in [-0.39, 0.29) is 12.0 Å². The van der Waals surface area contributed by atoms with Crippen LogP contribution in [-0.2, 0) is 4.74 Å². The fourth-order valence-electron chi connectivity index (χ4n) is 2.07. The molecule has 100 valence electrons. The molecule has 3 rings (SSSR count). The highest BCUT2D eigenvalue weighted by molar-refractivity contribution is 5.41. The normalized spacial score (nSPS) is 22.8. The van der Waals surface area contributed by atoms with E-state index in [0.29, 0.717) is 30.8 Å². The highest BCUT2D eigenvalue weighted by Gasteiger charge is 2.33. The minimum absolute atomic E-state index is 0.0803. The van der Waals surface area contributed by atoms with E-state index < -0.39 is 0 Å². The van der Waals surface area contributed by atoms with Gasteiger partial charge in [0.2, 0.25) is 17.5 Å². The summed E-state index contributed by atoms with van der Waals surface area (Å²) in [6, 6.07) is 0.201. The summed E-state index contributed by atoms with van der Waals surface area (Å²) in [7, 11) is 1.90. The second-order valence-electron chi connectivity index (χ2n) is 4.58. The zero-order chi connectivity index (χ0) is 13.2. The summed E-state index contributed by atoms with van der Waals surface area (Å²) in [5, 5.41) is 7.12. The minimum atomic E-state index is 0.0803. The van der Waals surface area contributed by atoms with Gasteiger partial charge in [0.05, 0.1) is 19.1 Å². The Labute approximate surface area is 110 Å². The summed E-state index contributed by atoms with van der Waals surface area (Å²) < 4.78 is 10.7. The Hall–Kier alpha value is -1.86. The molecule has 2 unspecified atom stereocenters. The van der Waals surface area contributed by atoms with Crippen molar-refractivity contribution in [3.8, 4) is 11.6 Å². The van der Waals surface area contributed by atoms with E-state index in [1.165, 1.54) is 0 Å². The molecule has 7 heteroatoms. The first-order valence-electron chi connectivity index (χ1n) is 6.15. The number of hydrogen-bond acceptors (Lipinski definition) is 7. The fraction of sp³-hybridized carbons (Fsp3) is 0.500. The highest BCUT2D eigenvalue weighted by Crippen LogP contribution is 2.25. The molecule has 0 saturated carbocycles. The van der Waals surface area contributed by atoms with Crippen LogP contribution < -0.4 is 5.32 Å². The number of likely N-dealkylation sites (N-methyl/N-ethyl adjacent to an activating group) is 1. The van der Waals surface area contributed by atoms with Crippen molar-refractivity contribution >= 4 is 0 Å². The van der Waals surface area contributed by atoms with Crippen LogP contribution >= 0.6 is 0 Å². The summed E-state index contributed by atoms with van der Waals surface area (Å²) in [6.07, 6.45) is 3.46. The van der Waals surface area contributed by atoms with Gasteiger partial charge in [0, 0.05) is 18.4 Å². The molecule has 0 amide bonds. The van der Waals surface area contributed by atoms with Crippen LogP contribution in [0.25, 0.3) is 11.6 Å². The topological polar surface area (TPSA) is 86.0 Å². The first-order chi connectivity index (χ1) is 9.28. The van der Waals surface area contributed by atoms with Crippen LogP contribution in [0.5, 0.6) is 0 Å². The summed E-state index contributed by atoms with van der Waals surface area (Å²) in [5.41, 5.74) is 0.993. The Morgan fingerprint density at radius 3 is 2.74 bits per heavy atom. The third kappa shape index (κ3) is 2.34. The van der Waals surface area contributed by atoms with Crippen molar-refractivity contribution in [2.75, 3.05) is 20.3 Å². The molecule has 0 bridgehead atoms. The highest BCUT2D eigenvalue weighted by atomic mass is 16.5. The zero-order valence-electron chi connectivity index (χ0n) is 10.8. The van der Waals surface area contributed by atoms with Crippen LogP contribution in [-0.4, -0.2) is 46.4 Å². The van der Waals surface area contributed by atoms with Gasteiger partial charge in [-0.3, -0.25) is 0 Å². The number of aromatic nitrogens is 4. The zero-order valence-corrected chi connectivity index (χ0v) is 10.8. The molecule has 1 saturated heterocycles. The van der Waals surface area contributed by atoms with Gasteiger partial charge in [-0.25, -0.2) is 9.97 Å². The number of nitrogens with zero attached hydrogens (tertiary/aromatic N) is 4. The lowest BCUT2D eigenvalue weighted by molar-refractivity contribution is 0.185. The largest absolute Gasteiger partial charge is 0.379 e. The number of nitrogens with one attached hydrogen (secondary N) is 1. The van der Waals surface area contributed by atoms with Crippen molar-refractivity contribution in [3.05, 3.63) is 23.8 Å². The second-order valence-corrected chi connectivity index (χ2v) is 4.58. The quantitative estimate of drug-likeness (QED) is 0.862. The third-order valence-electron chi connectivity index (χ3n) is 3.19. The molecule has 1 aliphatic heterocycles. The van der Waals surface area contributed by atoms with Gasteiger partial charge in [0.1, 0.15) is 0 Å². The van der Waals surface area contributed by atoms with Crippen LogP contribution in [0.1, 0.15) is 17.4 Å². The first kappa shape index (κ1) is 12.2. The molecular formula is C12H15N5O2. The van der Waals surface area contributed by atoms with Gasteiger partial charge in [-0.1, -0.05) is 5.16 Å². The molecule has 7 nitrogen and oxygen atoms in total. The SMILES string of the molecule is CNC1COCC1c1nc(-c2ncc(C)cn2)no1. The molecule has 0 radical (unpaired) electrons. The summed E-state index contributed by atoms with van der Waals surface area (Å²) in [5.74, 6) is 1.53. The predicted molar refractivity (Wildman–Crippen MR) is 66.5 cm³/mol. The Bertz CT molecular complexity index is 554. The van der Waals surface area contributed by atoms with E-state index in [1.807, 2.05) is 14.0 Å². The average Bonchev–Trinajstić information content (AvgIpc) is 3.07. The lowest BCUT2D eigenvalue weighted by atomic mass is 10.0. The van der Waals surface area contributed by atoms with Gasteiger partial charge >= 0.3 is 0 Å². The van der Waals surface area contributed by atoms with E-state index in [0.717, 1.165) is 5.56 Å². The van der Waals surface area contributed by atoms with Crippen molar-refractivity contribution < 1.29 is 9.26 Å². The fourth-order valence-corrected chi connectivity index (χ4v) is 2.07. The third-order valence-corrected chi connectivity index (χ3v) is 3.19. The van der Waals surface area contributed by atoms with Crippen LogP contribution in [0.3, 0.4) is 0 Å². The maximum atomic E-state index is 5.42. The van der Waals surface area contributed by atoms with Crippen molar-refractivity contribution in [3.63, 3.8) is 0 Å². The van der Waals surface area contributed by atoms with E-state index in [9.17, 15) is 0 Å². The molecule has 2 atom stereocenters. The molecule has 1 aliphatic rings. The molecule has 19 heavy (non-hydrogen) atoms. The molecule has 0 aromatic carbocycles. The molecule has 0 spiro atoms. The molecule has 0 aliphatic carbocycles. The van der Waals surface area contributed by atoms with E-state index >= 15 is 0 Å². The van der Waals surface area contributed by atoms with Crippen molar-refractivity contribution in [1.29, 1.82) is 0 Å². The molecular weight excluding hydrogens is 246 g/mol. The number of aryl methyl sites for hydroxylation is 1. The Morgan fingerprint density at radius 2 is 2.00 bits per heavy atom. The molecule has 3 heterocycles. The molecule has 1 N–H and O–H groups in total. The van der Waals surface area contributed by atoms with E-state index in [4.69, 9.17) is 9.26 Å². The van der Waals surface area contributed by atoms with Gasteiger partial charge in [-0.05, 0) is 19.5 Å². The predicted octanol–water partition coefficient (Wildman–Crippen LogP) is 0.537. The van der Waals surface area contributed by atoms with Gasteiger partial charge in [0.15, 0.2) is 0 Å². The van der Waals surface area contributed by atoms with Crippen LogP contribution in [0.4, 0.5) is 0 Å². The van der Waals surface area contributed by atoms with Crippen molar-refractivity contribution in [2.45, 2.75) is 18.9 Å². The van der Waals surface area contributed by atoms with E-state index in [1.54, 1.807) is 12.4 Å². The van der Waals surface area contributed by atoms with Crippen molar-refractivity contribution in [2.24, 2.45) is 0 Å². The van der Waals surface area contributed by atoms with Crippen molar-refractivity contribution in [1.82, 2.24) is 25.4 Å². The van der Waals surface area contributed by atoms with Crippen LogP contribution in [0, 0.1) is 6.92 Å². The minimum Gasteiger partial charge on any atom is -0.379 e. The Morgan fingerprint density at radius 1 is 1.21 bits per heavy atom. The van der Waals surface area contributed by atoms with Gasteiger partial charge < -0.3 is 14.6 Å². The maximum Gasteiger partial charge on any atom is 0.240 e. The average molecular weight is 261 g/mol. The smallest absolute Gasteiger partial charge is 0.240 e. The lowest BCUT2D eigenvalue weighted by Crippen LogP contribution is -2.31. The van der Waals surface area contributed by atoms with E-state index in [2.05, 4.69) is 25.4 Å². The Balaban J connectivity index is 1.85. The second kappa shape index (κ2) is 5.02. The summed E-state index contributed by atoms with van der Waals surface area (Å²) in [4.78, 5) is 12.7. The molecule has 2 aromatic heterocycles. The van der Waals surface area contributed by atoms with Crippen LogP contribution in [0.2, 0.25) is 0 Å². The molecule has 2 aromatic rings. The summed E-state index contributed by atoms with van der Waals surface area (Å²) >= 11 is 0. The monoisotopic (exact) mass is 261 g/mol. The first-order valence-corrected chi connectivity index (χ1v) is 6.15. The maximum absolute atomic E-state index is 5.42. The van der Waals surface area contributed by atoms with Gasteiger partial charge in [-0.15, -0.1) is 0 Å².